The summed E-state index contributed by atoms with van der Waals surface area (Å²) >= 11 is 0. The summed E-state index contributed by atoms with van der Waals surface area (Å²) in [7, 11) is 1.63. The number of benzene rings is 1. The van der Waals surface area contributed by atoms with Crippen molar-refractivity contribution in [3.63, 3.8) is 0 Å². The molecule has 1 fully saturated rings. The first kappa shape index (κ1) is 15.6. The number of methoxy groups -OCH3 is 1. The molecule has 0 unspecified atom stereocenters. The Balaban J connectivity index is 2.07. The van der Waals surface area contributed by atoms with Crippen LogP contribution in [-0.4, -0.2) is 13.0 Å². The van der Waals surface area contributed by atoms with Gasteiger partial charge >= 0.3 is 0 Å². The van der Waals surface area contributed by atoms with Crippen LogP contribution in [-0.2, 0) is 4.79 Å². The largest absolute Gasteiger partial charge is 0.497 e. The molecule has 3 atom stereocenters. The third kappa shape index (κ3) is 3.87. The first-order valence-corrected chi connectivity index (χ1v) is 7.61. The number of carbonyl (C=O) groups is 1. The molecular weight excluding hydrogens is 262 g/mol. The zero-order valence-corrected chi connectivity index (χ0v) is 13.2. The number of nitrogens with one attached hydrogen (secondary N) is 1. The van der Waals surface area contributed by atoms with Crippen molar-refractivity contribution >= 4 is 11.6 Å². The van der Waals surface area contributed by atoms with Crippen LogP contribution >= 0.6 is 0 Å². The highest BCUT2D eigenvalue weighted by molar-refractivity contribution is 5.93. The fourth-order valence-electron chi connectivity index (χ4n) is 3.17. The van der Waals surface area contributed by atoms with Gasteiger partial charge in [0.15, 0.2) is 0 Å². The van der Waals surface area contributed by atoms with E-state index in [-0.39, 0.29) is 11.8 Å². The summed E-state index contributed by atoms with van der Waals surface area (Å²) in [4.78, 5) is 12.6. The molecule has 1 aliphatic rings. The van der Waals surface area contributed by atoms with E-state index in [0.717, 1.165) is 29.9 Å². The molecule has 1 aromatic carbocycles. The summed E-state index contributed by atoms with van der Waals surface area (Å²) in [5, 5.41) is 3.03. The first-order chi connectivity index (χ1) is 10.0. The standard InChI is InChI=1S/C18H25NO2/c1-12(2)16-10-5-13(3)11-17(16)18(20)19-14-6-8-15(21-4)9-7-14/h6-9,13,16-17H,1,5,10-11H2,2-4H3,(H,19,20)/t13-,16+,17-/m1/s1. The van der Waals surface area contributed by atoms with Crippen molar-refractivity contribution in [2.24, 2.45) is 17.8 Å². The molecule has 0 heterocycles. The highest BCUT2D eigenvalue weighted by Crippen LogP contribution is 2.38. The number of carbonyl (C=O) groups excluding carboxylic acids is 1. The Labute approximate surface area is 127 Å². The summed E-state index contributed by atoms with van der Waals surface area (Å²) in [6, 6.07) is 7.46. The van der Waals surface area contributed by atoms with E-state index in [1.165, 1.54) is 6.42 Å². The monoisotopic (exact) mass is 287 g/mol. The minimum Gasteiger partial charge on any atom is -0.497 e. The molecule has 0 spiro atoms. The van der Waals surface area contributed by atoms with E-state index in [9.17, 15) is 4.79 Å². The van der Waals surface area contributed by atoms with Gasteiger partial charge in [-0.05, 0) is 55.9 Å². The van der Waals surface area contributed by atoms with E-state index >= 15 is 0 Å². The second-order valence-corrected chi connectivity index (χ2v) is 6.20. The predicted molar refractivity (Wildman–Crippen MR) is 86.4 cm³/mol. The average Bonchev–Trinajstić information content (AvgIpc) is 2.47. The smallest absolute Gasteiger partial charge is 0.228 e. The first-order valence-electron chi connectivity index (χ1n) is 7.61. The molecular formula is C18H25NO2. The number of hydrogen-bond donors (Lipinski definition) is 1. The summed E-state index contributed by atoms with van der Waals surface area (Å²) in [6.45, 7) is 8.33. The van der Waals surface area contributed by atoms with Crippen molar-refractivity contribution in [3.8, 4) is 5.75 Å². The average molecular weight is 287 g/mol. The van der Waals surface area contributed by atoms with Crippen LogP contribution in [0.15, 0.2) is 36.4 Å². The maximum absolute atomic E-state index is 12.6. The van der Waals surface area contributed by atoms with Gasteiger partial charge in [0.05, 0.1) is 7.11 Å². The van der Waals surface area contributed by atoms with E-state index in [1.807, 2.05) is 31.2 Å². The molecule has 1 amide bonds. The van der Waals surface area contributed by atoms with Crippen molar-refractivity contribution in [2.75, 3.05) is 12.4 Å². The van der Waals surface area contributed by atoms with Crippen LogP contribution in [0.25, 0.3) is 0 Å². The van der Waals surface area contributed by atoms with Gasteiger partial charge in [-0.15, -0.1) is 0 Å². The van der Waals surface area contributed by atoms with Gasteiger partial charge in [0.1, 0.15) is 5.75 Å². The molecule has 3 heteroatoms. The lowest BCUT2D eigenvalue weighted by atomic mass is 9.71. The summed E-state index contributed by atoms with van der Waals surface area (Å²) < 4.78 is 5.13. The molecule has 1 N–H and O–H groups in total. The van der Waals surface area contributed by atoms with Gasteiger partial charge in [0.25, 0.3) is 0 Å². The van der Waals surface area contributed by atoms with Gasteiger partial charge in [0, 0.05) is 11.6 Å². The lowest BCUT2D eigenvalue weighted by Crippen LogP contribution is -2.34. The van der Waals surface area contributed by atoms with Crippen molar-refractivity contribution < 1.29 is 9.53 Å². The molecule has 0 aromatic heterocycles. The zero-order chi connectivity index (χ0) is 15.4. The second-order valence-electron chi connectivity index (χ2n) is 6.20. The highest BCUT2D eigenvalue weighted by Gasteiger charge is 2.34. The third-order valence-electron chi connectivity index (χ3n) is 4.44. The van der Waals surface area contributed by atoms with Crippen molar-refractivity contribution in [3.05, 3.63) is 36.4 Å². The number of amides is 1. The molecule has 114 valence electrons. The quantitative estimate of drug-likeness (QED) is 0.840. The normalized spacial score (nSPS) is 25.2. The van der Waals surface area contributed by atoms with E-state index in [4.69, 9.17) is 4.74 Å². The second kappa shape index (κ2) is 6.79. The maximum atomic E-state index is 12.6. The molecule has 3 nitrogen and oxygen atoms in total. The number of ether oxygens (including phenoxy) is 1. The molecule has 1 aliphatic carbocycles. The Morgan fingerprint density at radius 1 is 1.24 bits per heavy atom. The molecule has 0 bridgehead atoms. The van der Waals surface area contributed by atoms with Gasteiger partial charge in [0.2, 0.25) is 5.91 Å². The zero-order valence-electron chi connectivity index (χ0n) is 13.2. The fraction of sp³-hybridized carbons (Fsp3) is 0.500. The third-order valence-corrected chi connectivity index (χ3v) is 4.44. The minimum atomic E-state index is 0.0355. The maximum Gasteiger partial charge on any atom is 0.228 e. The van der Waals surface area contributed by atoms with Gasteiger partial charge < -0.3 is 10.1 Å². The topological polar surface area (TPSA) is 38.3 Å². The van der Waals surface area contributed by atoms with Crippen molar-refractivity contribution in [1.82, 2.24) is 0 Å². The van der Waals surface area contributed by atoms with Crippen LogP contribution in [0.4, 0.5) is 5.69 Å². The summed E-state index contributed by atoms with van der Waals surface area (Å²) in [5.74, 6) is 1.85. The number of anilines is 1. The molecule has 0 radical (unpaired) electrons. The lowest BCUT2D eigenvalue weighted by molar-refractivity contribution is -0.122. The molecule has 1 saturated carbocycles. The van der Waals surface area contributed by atoms with E-state index in [0.29, 0.717) is 11.8 Å². The molecule has 0 aliphatic heterocycles. The van der Waals surface area contributed by atoms with Crippen molar-refractivity contribution in [2.45, 2.75) is 33.1 Å². The van der Waals surface area contributed by atoms with Gasteiger partial charge in [-0.3, -0.25) is 4.79 Å². The van der Waals surface area contributed by atoms with E-state index < -0.39 is 0 Å². The van der Waals surface area contributed by atoms with Crippen LogP contribution in [0.2, 0.25) is 0 Å². The highest BCUT2D eigenvalue weighted by atomic mass is 16.5. The van der Waals surface area contributed by atoms with Gasteiger partial charge in [-0.1, -0.05) is 25.5 Å². The number of rotatable bonds is 4. The Morgan fingerprint density at radius 3 is 2.48 bits per heavy atom. The van der Waals surface area contributed by atoms with Crippen LogP contribution in [0.3, 0.4) is 0 Å². The number of hydrogen-bond acceptors (Lipinski definition) is 2. The Morgan fingerprint density at radius 2 is 1.90 bits per heavy atom. The van der Waals surface area contributed by atoms with E-state index in [1.54, 1.807) is 7.11 Å². The van der Waals surface area contributed by atoms with E-state index in [2.05, 4.69) is 18.8 Å². The molecule has 21 heavy (non-hydrogen) atoms. The Hall–Kier alpha value is -1.77. The SMILES string of the molecule is C=C(C)[C@@H]1CC[C@@H](C)C[C@H]1C(=O)Nc1ccc(OC)cc1. The summed E-state index contributed by atoms with van der Waals surface area (Å²) in [5.41, 5.74) is 1.94. The Kier molecular flexibility index (Phi) is 5.05. The van der Waals surface area contributed by atoms with Crippen LogP contribution < -0.4 is 10.1 Å². The summed E-state index contributed by atoms with van der Waals surface area (Å²) in [6.07, 6.45) is 3.19. The minimum absolute atomic E-state index is 0.0355. The van der Waals surface area contributed by atoms with Crippen LogP contribution in [0.1, 0.15) is 33.1 Å². The van der Waals surface area contributed by atoms with Crippen LogP contribution in [0, 0.1) is 17.8 Å². The lowest BCUT2D eigenvalue weighted by Gasteiger charge is -2.34. The van der Waals surface area contributed by atoms with Crippen LogP contribution in [0.5, 0.6) is 5.75 Å². The predicted octanol–water partition coefficient (Wildman–Crippen LogP) is 4.26. The fourth-order valence-corrected chi connectivity index (χ4v) is 3.17. The van der Waals surface area contributed by atoms with Gasteiger partial charge in [-0.2, -0.15) is 0 Å². The number of allylic oxidation sites excluding steroid dienone is 1. The molecule has 0 saturated heterocycles. The molecule has 1 aromatic rings. The molecule has 2 rings (SSSR count). The van der Waals surface area contributed by atoms with Gasteiger partial charge in [-0.25, -0.2) is 0 Å². The Bertz CT molecular complexity index is 506. The van der Waals surface area contributed by atoms with Crippen molar-refractivity contribution in [1.29, 1.82) is 0 Å².